The van der Waals surface area contributed by atoms with Gasteiger partial charge in [-0.3, -0.25) is 9.69 Å². The van der Waals surface area contributed by atoms with E-state index in [-0.39, 0.29) is 6.03 Å². The largest absolute Gasteiger partial charge is 0.481 e. The van der Waals surface area contributed by atoms with Gasteiger partial charge in [-0.2, -0.15) is 0 Å². The standard InChI is InChI=1S/C14H24N2O3/c17-13(18)9-7-5-3-1-2-4-6-8-11-16-12-10-15-14(16)19/h8,11H,1-7,9-10,12H2,(H,15,19)(H,17,18). The summed E-state index contributed by atoms with van der Waals surface area (Å²) in [5.41, 5.74) is 0. The molecular formula is C14H24N2O3. The number of hydrogen-bond donors (Lipinski definition) is 2. The maximum Gasteiger partial charge on any atom is 0.321 e. The van der Waals surface area contributed by atoms with E-state index in [9.17, 15) is 9.59 Å². The number of carboxylic acid groups (broad SMARTS) is 1. The van der Waals surface area contributed by atoms with Crippen molar-refractivity contribution in [3.63, 3.8) is 0 Å². The van der Waals surface area contributed by atoms with Gasteiger partial charge in [0.05, 0.1) is 0 Å². The quantitative estimate of drug-likeness (QED) is 0.598. The predicted octanol–water partition coefficient (Wildman–Crippen LogP) is 2.73. The molecule has 19 heavy (non-hydrogen) atoms. The normalized spacial score (nSPS) is 15.2. The number of allylic oxidation sites excluding steroid dienone is 1. The molecule has 0 saturated carbocycles. The van der Waals surface area contributed by atoms with E-state index < -0.39 is 5.97 Å². The van der Waals surface area contributed by atoms with Crippen molar-refractivity contribution in [1.29, 1.82) is 0 Å². The second-order valence-corrected chi connectivity index (χ2v) is 4.86. The highest BCUT2D eigenvalue weighted by molar-refractivity contribution is 5.77. The number of rotatable bonds is 10. The van der Waals surface area contributed by atoms with Crippen LogP contribution in [0.5, 0.6) is 0 Å². The molecule has 2 N–H and O–H groups in total. The Hall–Kier alpha value is -1.52. The first-order valence-electron chi connectivity index (χ1n) is 7.13. The van der Waals surface area contributed by atoms with Gasteiger partial charge in [0.2, 0.25) is 0 Å². The molecule has 5 nitrogen and oxygen atoms in total. The number of hydrogen-bond acceptors (Lipinski definition) is 2. The molecule has 1 aliphatic rings. The van der Waals surface area contributed by atoms with Gasteiger partial charge in [-0.1, -0.05) is 31.8 Å². The summed E-state index contributed by atoms with van der Waals surface area (Å²) < 4.78 is 0. The van der Waals surface area contributed by atoms with E-state index in [1.54, 1.807) is 4.90 Å². The van der Waals surface area contributed by atoms with E-state index in [1.165, 1.54) is 6.42 Å². The minimum absolute atomic E-state index is 0.00493. The summed E-state index contributed by atoms with van der Waals surface area (Å²) in [5, 5.41) is 11.2. The van der Waals surface area contributed by atoms with E-state index in [1.807, 2.05) is 6.20 Å². The van der Waals surface area contributed by atoms with Gasteiger partial charge in [0.25, 0.3) is 0 Å². The molecule has 5 heteroatoms. The molecule has 1 aliphatic heterocycles. The molecule has 0 atom stereocenters. The molecule has 1 rings (SSSR count). The van der Waals surface area contributed by atoms with Crippen molar-refractivity contribution in [2.75, 3.05) is 13.1 Å². The van der Waals surface area contributed by atoms with Crippen LogP contribution in [0.4, 0.5) is 4.79 Å². The van der Waals surface area contributed by atoms with Crippen LogP contribution in [0.1, 0.15) is 51.4 Å². The molecule has 0 spiro atoms. The van der Waals surface area contributed by atoms with Crippen molar-refractivity contribution < 1.29 is 14.7 Å². The van der Waals surface area contributed by atoms with Crippen molar-refractivity contribution >= 4 is 12.0 Å². The Kier molecular flexibility index (Phi) is 7.70. The Labute approximate surface area is 114 Å². The Balaban J connectivity index is 1.87. The fourth-order valence-electron chi connectivity index (χ4n) is 2.08. The highest BCUT2D eigenvalue weighted by atomic mass is 16.4. The maximum absolute atomic E-state index is 11.2. The molecule has 1 saturated heterocycles. The van der Waals surface area contributed by atoms with Crippen molar-refractivity contribution in [3.8, 4) is 0 Å². The minimum Gasteiger partial charge on any atom is -0.481 e. The van der Waals surface area contributed by atoms with Crippen molar-refractivity contribution in [2.24, 2.45) is 0 Å². The SMILES string of the molecule is O=C(O)CCCCCCCCC=CN1CCNC1=O. The molecule has 0 radical (unpaired) electrons. The Morgan fingerprint density at radius 1 is 1.21 bits per heavy atom. The number of carbonyl (C=O) groups is 2. The molecule has 0 aromatic rings. The monoisotopic (exact) mass is 268 g/mol. The smallest absolute Gasteiger partial charge is 0.321 e. The first-order chi connectivity index (χ1) is 9.20. The molecular weight excluding hydrogens is 244 g/mol. The van der Waals surface area contributed by atoms with Crippen LogP contribution in [0.25, 0.3) is 0 Å². The van der Waals surface area contributed by atoms with Crippen molar-refractivity contribution in [2.45, 2.75) is 51.4 Å². The number of carboxylic acids is 1. The van der Waals surface area contributed by atoms with Crippen LogP contribution < -0.4 is 5.32 Å². The third-order valence-electron chi connectivity index (χ3n) is 3.19. The third kappa shape index (κ3) is 7.49. The summed E-state index contributed by atoms with van der Waals surface area (Å²) in [5.74, 6) is -0.698. The number of nitrogens with zero attached hydrogens (tertiary/aromatic N) is 1. The summed E-state index contributed by atoms with van der Waals surface area (Å²) in [6.45, 7) is 1.50. The third-order valence-corrected chi connectivity index (χ3v) is 3.19. The van der Waals surface area contributed by atoms with Gasteiger partial charge >= 0.3 is 12.0 Å². The summed E-state index contributed by atoms with van der Waals surface area (Å²) in [4.78, 5) is 23.2. The topological polar surface area (TPSA) is 69.6 Å². The maximum atomic E-state index is 11.2. The van der Waals surface area contributed by atoms with E-state index in [0.717, 1.165) is 51.6 Å². The van der Waals surface area contributed by atoms with Crippen molar-refractivity contribution in [1.82, 2.24) is 10.2 Å². The zero-order chi connectivity index (χ0) is 13.9. The van der Waals surface area contributed by atoms with Gasteiger partial charge in [-0.15, -0.1) is 0 Å². The number of urea groups is 1. The van der Waals surface area contributed by atoms with Gasteiger partial charge < -0.3 is 10.4 Å². The average molecular weight is 268 g/mol. The first-order valence-corrected chi connectivity index (χ1v) is 7.13. The lowest BCUT2D eigenvalue weighted by Gasteiger charge is -2.06. The predicted molar refractivity (Wildman–Crippen MR) is 73.8 cm³/mol. The lowest BCUT2D eigenvalue weighted by atomic mass is 10.1. The van der Waals surface area contributed by atoms with Gasteiger partial charge in [-0.05, 0) is 19.3 Å². The fourth-order valence-corrected chi connectivity index (χ4v) is 2.08. The van der Waals surface area contributed by atoms with E-state index >= 15 is 0 Å². The molecule has 2 amide bonds. The molecule has 1 fully saturated rings. The summed E-state index contributed by atoms with van der Waals surface area (Å²) in [7, 11) is 0. The average Bonchev–Trinajstić information content (AvgIpc) is 2.77. The zero-order valence-electron chi connectivity index (χ0n) is 11.4. The second kappa shape index (κ2) is 9.42. The molecule has 0 aliphatic carbocycles. The molecule has 0 aromatic carbocycles. The molecule has 0 bridgehead atoms. The number of nitrogens with one attached hydrogen (secondary N) is 1. The van der Waals surface area contributed by atoms with Crippen molar-refractivity contribution in [3.05, 3.63) is 12.3 Å². The Morgan fingerprint density at radius 2 is 1.89 bits per heavy atom. The van der Waals surface area contributed by atoms with Crippen LogP contribution in [0.3, 0.4) is 0 Å². The molecule has 0 unspecified atom stereocenters. The lowest BCUT2D eigenvalue weighted by Crippen LogP contribution is -2.22. The Morgan fingerprint density at radius 3 is 2.53 bits per heavy atom. The minimum atomic E-state index is -0.698. The van der Waals surface area contributed by atoms with Crippen LogP contribution in [0.2, 0.25) is 0 Å². The molecule has 0 aromatic heterocycles. The van der Waals surface area contributed by atoms with E-state index in [4.69, 9.17) is 5.11 Å². The number of carbonyl (C=O) groups excluding carboxylic acids is 1. The number of aliphatic carboxylic acids is 1. The van der Waals surface area contributed by atoms with Gasteiger partial charge in [0, 0.05) is 25.7 Å². The molecule has 1 heterocycles. The van der Waals surface area contributed by atoms with Crippen LogP contribution >= 0.6 is 0 Å². The highest BCUT2D eigenvalue weighted by Crippen LogP contribution is 2.09. The number of unbranched alkanes of at least 4 members (excludes halogenated alkanes) is 6. The lowest BCUT2D eigenvalue weighted by molar-refractivity contribution is -0.137. The second-order valence-electron chi connectivity index (χ2n) is 4.86. The van der Waals surface area contributed by atoms with Gasteiger partial charge in [-0.25, -0.2) is 4.79 Å². The highest BCUT2D eigenvalue weighted by Gasteiger charge is 2.15. The first kappa shape index (κ1) is 15.5. The zero-order valence-corrected chi connectivity index (χ0v) is 11.4. The summed E-state index contributed by atoms with van der Waals surface area (Å²) in [6, 6.07) is -0.00493. The van der Waals surface area contributed by atoms with Gasteiger partial charge in [0.1, 0.15) is 0 Å². The summed E-state index contributed by atoms with van der Waals surface area (Å²) in [6.07, 6.45) is 11.6. The molecule has 108 valence electrons. The number of amides is 2. The summed E-state index contributed by atoms with van der Waals surface area (Å²) >= 11 is 0. The van der Waals surface area contributed by atoms with Gasteiger partial charge in [0.15, 0.2) is 0 Å². The van der Waals surface area contributed by atoms with Crippen LogP contribution in [-0.4, -0.2) is 35.1 Å². The fraction of sp³-hybridized carbons (Fsp3) is 0.714. The Bertz CT molecular complexity index is 316. The van der Waals surface area contributed by atoms with E-state index in [2.05, 4.69) is 11.4 Å². The van der Waals surface area contributed by atoms with Crippen LogP contribution in [0, 0.1) is 0 Å². The van der Waals surface area contributed by atoms with Crippen LogP contribution in [0.15, 0.2) is 12.3 Å². The van der Waals surface area contributed by atoms with Crippen LogP contribution in [-0.2, 0) is 4.79 Å². The van der Waals surface area contributed by atoms with E-state index in [0.29, 0.717) is 6.42 Å².